The summed E-state index contributed by atoms with van der Waals surface area (Å²) in [6.45, 7) is 0.252. The van der Waals surface area contributed by atoms with Crippen LogP contribution in [0.25, 0.3) is 0 Å². The maximum absolute atomic E-state index is 12.0. The third kappa shape index (κ3) is 2.62. The van der Waals surface area contributed by atoms with E-state index >= 15 is 0 Å². The van der Waals surface area contributed by atoms with E-state index in [1.807, 2.05) is 0 Å². The monoisotopic (exact) mass is 354 g/mol. The number of amides is 4. The Morgan fingerprint density at radius 3 is 2.00 bits per heavy atom. The molecule has 9 heteroatoms. The molecule has 3 heterocycles. The maximum Gasteiger partial charge on any atom is 0.364 e. The smallest absolute Gasteiger partial charge is 0.364 e. The van der Waals surface area contributed by atoms with Gasteiger partial charge in [0.15, 0.2) is 0 Å². The Hall–Kier alpha value is -2.16. The number of carboxylic acid groups (broad SMARTS) is 1. The molecule has 0 spiro atoms. The van der Waals surface area contributed by atoms with E-state index in [4.69, 9.17) is 0 Å². The first-order valence-corrected chi connectivity index (χ1v) is 9.69. The molecule has 0 saturated carbocycles. The Kier molecular flexibility index (Phi) is 4.20. The predicted octanol–water partition coefficient (Wildman–Crippen LogP) is 0.868. The van der Waals surface area contributed by atoms with E-state index in [2.05, 4.69) is 0 Å². The molecule has 0 aliphatic carbocycles. The number of imide groups is 2. The maximum atomic E-state index is 12.0. The van der Waals surface area contributed by atoms with E-state index in [9.17, 15) is 29.1 Å². The van der Waals surface area contributed by atoms with Gasteiger partial charge in [0.2, 0.25) is 11.8 Å². The van der Waals surface area contributed by atoms with Crippen LogP contribution in [-0.2, 0) is 19.2 Å². The van der Waals surface area contributed by atoms with Gasteiger partial charge in [-0.1, -0.05) is 10.2 Å². The van der Waals surface area contributed by atoms with Crippen molar-refractivity contribution in [3.63, 3.8) is 0 Å². The molecule has 0 bridgehead atoms. The van der Waals surface area contributed by atoms with E-state index in [0.717, 1.165) is 9.21 Å². The van der Waals surface area contributed by atoms with Crippen molar-refractivity contribution in [3.05, 3.63) is 12.2 Å². The lowest BCUT2D eigenvalue weighted by molar-refractivity contribution is -0.137. The minimum atomic E-state index is -2.54. The summed E-state index contributed by atoms with van der Waals surface area (Å²) in [5.74, 6) is -1.05. The van der Waals surface area contributed by atoms with Crippen LogP contribution in [0, 0.1) is 5.92 Å². The number of hydrogen-bond acceptors (Lipinski definition) is 5. The third-order valence-electron chi connectivity index (χ3n) is 4.75. The van der Waals surface area contributed by atoms with E-state index in [-0.39, 0.29) is 48.6 Å². The van der Waals surface area contributed by atoms with E-state index in [0.29, 0.717) is 12.8 Å². The van der Waals surface area contributed by atoms with Crippen molar-refractivity contribution in [2.24, 2.45) is 5.92 Å². The molecule has 0 aromatic carbocycles. The highest BCUT2D eigenvalue weighted by atomic mass is 32.3. The minimum Gasteiger partial charge on any atom is -0.473 e. The lowest BCUT2D eigenvalue weighted by Gasteiger charge is -2.46. The summed E-state index contributed by atoms with van der Waals surface area (Å²) in [4.78, 5) is 60.3. The van der Waals surface area contributed by atoms with Gasteiger partial charge in [-0.25, -0.2) is 9.10 Å². The number of hydrogen-bond donors (Lipinski definition) is 1. The Balaban J connectivity index is 1.70. The third-order valence-corrected chi connectivity index (χ3v) is 8.33. The zero-order valence-corrected chi connectivity index (χ0v) is 13.8. The van der Waals surface area contributed by atoms with Crippen molar-refractivity contribution in [1.82, 2.24) is 9.21 Å². The van der Waals surface area contributed by atoms with Crippen LogP contribution in [-0.4, -0.2) is 61.3 Å². The van der Waals surface area contributed by atoms with Crippen LogP contribution in [0.4, 0.5) is 4.79 Å². The lowest BCUT2D eigenvalue weighted by Crippen LogP contribution is -2.44. The molecule has 4 amide bonds. The van der Waals surface area contributed by atoms with Crippen LogP contribution in [0.1, 0.15) is 25.7 Å². The molecule has 0 radical (unpaired) electrons. The molecule has 0 aromatic heterocycles. The van der Waals surface area contributed by atoms with Crippen molar-refractivity contribution in [1.29, 1.82) is 0 Å². The van der Waals surface area contributed by atoms with E-state index < -0.39 is 27.3 Å². The average molecular weight is 354 g/mol. The average Bonchev–Trinajstić information content (AvgIpc) is 3.04. The SMILES string of the molecule is O=C1C=CC(=O)N1CC1CCS(C(=O)O)(N2C(=O)CCC2=O)CC1. The van der Waals surface area contributed by atoms with Crippen molar-refractivity contribution in [2.45, 2.75) is 25.7 Å². The minimum absolute atomic E-state index is 0.00872. The van der Waals surface area contributed by atoms with Gasteiger partial charge in [0.05, 0.1) is 0 Å². The zero-order valence-electron chi connectivity index (χ0n) is 13.0. The van der Waals surface area contributed by atoms with Gasteiger partial charge in [0, 0.05) is 43.0 Å². The molecular formula is C15H18N2O6S. The lowest BCUT2D eigenvalue weighted by atomic mass is 10.0. The number of carbonyl (C=O) groups excluding carboxylic acids is 4. The van der Waals surface area contributed by atoms with Crippen LogP contribution < -0.4 is 0 Å². The highest BCUT2D eigenvalue weighted by Crippen LogP contribution is 2.58. The first-order chi connectivity index (χ1) is 11.3. The first kappa shape index (κ1) is 16.7. The summed E-state index contributed by atoms with van der Waals surface area (Å²) in [5, 5.41) is 8.62. The molecule has 2 fully saturated rings. The van der Waals surface area contributed by atoms with Crippen molar-refractivity contribution < 1.29 is 29.1 Å². The Bertz CT molecular complexity index is 631. The van der Waals surface area contributed by atoms with Gasteiger partial charge in [-0.3, -0.25) is 24.1 Å². The Morgan fingerprint density at radius 1 is 1.04 bits per heavy atom. The quantitative estimate of drug-likeness (QED) is 0.753. The zero-order chi connectivity index (χ0) is 17.5. The molecule has 24 heavy (non-hydrogen) atoms. The summed E-state index contributed by atoms with van der Waals surface area (Å²) in [6, 6.07) is 0. The summed E-state index contributed by atoms with van der Waals surface area (Å²) in [5.41, 5.74) is 0. The highest BCUT2D eigenvalue weighted by molar-refractivity contribution is 8.43. The summed E-state index contributed by atoms with van der Waals surface area (Å²) < 4.78 is 1.01. The molecule has 0 aromatic rings. The van der Waals surface area contributed by atoms with Gasteiger partial charge in [0.25, 0.3) is 11.8 Å². The molecule has 3 aliphatic rings. The van der Waals surface area contributed by atoms with Crippen LogP contribution in [0.5, 0.6) is 0 Å². The summed E-state index contributed by atoms with van der Waals surface area (Å²) >= 11 is 0. The molecule has 2 saturated heterocycles. The van der Waals surface area contributed by atoms with Gasteiger partial charge in [0.1, 0.15) is 0 Å². The van der Waals surface area contributed by atoms with Gasteiger partial charge in [-0.05, 0) is 18.8 Å². The van der Waals surface area contributed by atoms with Gasteiger partial charge in [-0.2, -0.15) is 0 Å². The molecule has 8 nitrogen and oxygen atoms in total. The molecule has 130 valence electrons. The second-order valence-corrected chi connectivity index (χ2v) is 9.38. The van der Waals surface area contributed by atoms with Crippen LogP contribution in [0.3, 0.4) is 0 Å². The van der Waals surface area contributed by atoms with Gasteiger partial charge in [-0.15, -0.1) is 0 Å². The van der Waals surface area contributed by atoms with E-state index in [1.54, 1.807) is 0 Å². The topological polar surface area (TPSA) is 112 Å². The van der Waals surface area contributed by atoms with Crippen molar-refractivity contribution in [3.8, 4) is 0 Å². The van der Waals surface area contributed by atoms with Crippen LogP contribution in [0.2, 0.25) is 0 Å². The fraction of sp³-hybridized carbons (Fsp3) is 0.533. The van der Waals surface area contributed by atoms with Crippen LogP contribution >= 0.6 is 10.2 Å². The first-order valence-electron chi connectivity index (χ1n) is 7.76. The molecule has 0 atom stereocenters. The second kappa shape index (κ2) is 6.04. The summed E-state index contributed by atoms with van der Waals surface area (Å²) in [7, 11) is -2.54. The largest absolute Gasteiger partial charge is 0.473 e. The fourth-order valence-corrected chi connectivity index (χ4v) is 6.89. The highest BCUT2D eigenvalue weighted by Gasteiger charge is 2.49. The number of nitrogens with zero attached hydrogens (tertiary/aromatic N) is 2. The second-order valence-electron chi connectivity index (χ2n) is 6.16. The molecule has 0 unspecified atom stereocenters. The van der Waals surface area contributed by atoms with Crippen molar-refractivity contribution >= 4 is 39.1 Å². The van der Waals surface area contributed by atoms with Crippen LogP contribution in [0.15, 0.2) is 12.2 Å². The number of rotatable bonds is 3. The van der Waals surface area contributed by atoms with Crippen molar-refractivity contribution in [2.75, 3.05) is 18.1 Å². The Labute approximate surface area is 139 Å². The van der Waals surface area contributed by atoms with Gasteiger partial charge < -0.3 is 5.11 Å². The number of carbonyl (C=O) groups is 5. The summed E-state index contributed by atoms with van der Waals surface area (Å²) in [6.07, 6.45) is 3.53. The Morgan fingerprint density at radius 2 is 1.54 bits per heavy atom. The predicted molar refractivity (Wildman–Crippen MR) is 85.0 cm³/mol. The fourth-order valence-electron chi connectivity index (χ4n) is 3.40. The molecule has 3 aliphatic heterocycles. The van der Waals surface area contributed by atoms with Gasteiger partial charge >= 0.3 is 5.30 Å². The van der Waals surface area contributed by atoms with E-state index in [1.165, 1.54) is 12.2 Å². The molecular weight excluding hydrogens is 336 g/mol. The normalized spacial score (nSPS) is 33.2. The molecule has 1 N–H and O–H groups in total. The standard InChI is InChI=1S/C15H18N2O6S/c18-11-1-2-12(19)16(11)9-10-5-7-24(8-6-10,15(22)23)17-13(20)3-4-14(17)21/h1-2,10H,3-9H2,(H,22,23). The molecule has 3 rings (SSSR count).